The van der Waals surface area contributed by atoms with E-state index >= 15 is 0 Å². The van der Waals surface area contributed by atoms with Gasteiger partial charge in [0.25, 0.3) is 0 Å². The van der Waals surface area contributed by atoms with Gasteiger partial charge >= 0.3 is 0 Å². The monoisotopic (exact) mass is 1410 g/mol. The van der Waals surface area contributed by atoms with E-state index in [2.05, 4.69) is 214 Å². The molecule has 4 heterocycles. The molecular formula is C87H124Cl2N4O7. The summed E-state index contributed by atoms with van der Waals surface area (Å²) in [7, 11) is 1.71. The zero-order chi connectivity index (χ0) is 71.8. The molecule has 13 heteroatoms. The van der Waals surface area contributed by atoms with Gasteiger partial charge in [-0.25, -0.2) is 0 Å². The van der Waals surface area contributed by atoms with Crippen LogP contribution in [-0.4, -0.2) is 109 Å². The highest BCUT2D eigenvalue weighted by atomic mass is 35.5. The minimum Gasteiger partial charge on any atom is -0.497 e. The van der Waals surface area contributed by atoms with Gasteiger partial charge in [0.1, 0.15) is 28.5 Å². The molecular weight excluding hydrogens is 1280 g/mol. The van der Waals surface area contributed by atoms with Crippen molar-refractivity contribution < 1.29 is 33.2 Å². The molecule has 0 aromatic heterocycles. The van der Waals surface area contributed by atoms with Gasteiger partial charge in [-0.1, -0.05) is 177 Å². The molecule has 4 N–H and O–H groups in total. The lowest BCUT2D eigenvalue weighted by molar-refractivity contribution is 0.0549. The van der Waals surface area contributed by atoms with Crippen molar-refractivity contribution in [2.75, 3.05) is 86.1 Å². The normalized spacial score (nSPS) is 17.2. The number of halogens is 2. The Balaban J connectivity index is 0.000000188. The number of rotatable bonds is 29. The van der Waals surface area contributed by atoms with Crippen LogP contribution in [0.25, 0.3) is 0 Å². The van der Waals surface area contributed by atoms with Crippen LogP contribution < -0.4 is 35.5 Å². The molecule has 0 saturated carbocycles. The van der Waals surface area contributed by atoms with Crippen LogP contribution in [0.2, 0.25) is 10.0 Å². The predicted molar refractivity (Wildman–Crippen MR) is 418 cm³/mol. The summed E-state index contributed by atoms with van der Waals surface area (Å²) in [5.74, 6) is 5.47. The molecule has 6 aromatic rings. The number of hydrogen-bond acceptors (Lipinski definition) is 11. The second-order valence-electron chi connectivity index (χ2n) is 30.8. The minimum atomic E-state index is -0.365. The van der Waals surface area contributed by atoms with Crippen molar-refractivity contribution in [3.8, 4) is 17.2 Å². The van der Waals surface area contributed by atoms with E-state index in [-0.39, 0.29) is 34.1 Å². The molecule has 0 radical (unpaired) electrons. The van der Waals surface area contributed by atoms with Crippen LogP contribution in [0.3, 0.4) is 0 Å². The fourth-order valence-corrected chi connectivity index (χ4v) is 13.8. The fraction of sp³-hybridized carbons (Fsp3) is 0.540. The predicted octanol–water partition coefficient (Wildman–Crippen LogP) is 19.9. The molecule has 548 valence electrons. The van der Waals surface area contributed by atoms with Crippen molar-refractivity contribution in [2.24, 2.45) is 23.7 Å². The smallest absolute Gasteiger partial charge is 0.122 e. The molecule has 4 fully saturated rings. The first kappa shape index (κ1) is 81.8. The average Bonchev–Trinajstić information content (AvgIpc) is 0.944. The van der Waals surface area contributed by atoms with Crippen molar-refractivity contribution in [2.45, 2.75) is 193 Å². The van der Waals surface area contributed by atoms with E-state index in [0.29, 0.717) is 35.8 Å². The SMILES string of the molecule is CC(C)(CC(NCC1CCOCC1)c1ccccc1)c1ccc(Cl)cc1.CC(C)=CC(NCC1CCOCC1)C(C)(C)Oc1ccc(Cl)cc1.CC(C)=CC(NCC1CCOCC1)C(C)(C)Oc1ccccc1.COc1ccc(C(C)(C)CC(NCC2CCOCC2)c2ccccc2)cc1. The van der Waals surface area contributed by atoms with Crippen LogP contribution in [0.5, 0.6) is 17.2 Å². The highest BCUT2D eigenvalue weighted by Crippen LogP contribution is 2.37. The van der Waals surface area contributed by atoms with E-state index in [1.807, 2.05) is 66.7 Å². The molecule has 4 saturated heterocycles. The molecule has 0 bridgehead atoms. The minimum absolute atomic E-state index is 0.0633. The molecule has 11 nitrogen and oxygen atoms in total. The summed E-state index contributed by atoms with van der Waals surface area (Å²) in [6.45, 7) is 37.7. The third-order valence-corrected chi connectivity index (χ3v) is 20.6. The summed E-state index contributed by atoms with van der Waals surface area (Å²) in [5, 5.41) is 16.7. The number of benzene rings is 6. The molecule has 100 heavy (non-hydrogen) atoms. The Morgan fingerprint density at radius 1 is 0.390 bits per heavy atom. The lowest BCUT2D eigenvalue weighted by atomic mass is 9.77. The largest absolute Gasteiger partial charge is 0.497 e. The number of nitrogens with one attached hydrogen (secondary N) is 4. The fourth-order valence-electron chi connectivity index (χ4n) is 13.6. The lowest BCUT2D eigenvalue weighted by Gasteiger charge is -2.35. The quantitative estimate of drug-likeness (QED) is 0.0337. The van der Waals surface area contributed by atoms with Gasteiger partial charge in [0.15, 0.2) is 0 Å². The zero-order valence-electron chi connectivity index (χ0n) is 63.0. The number of ether oxygens (including phenoxy) is 7. The molecule has 0 spiro atoms. The van der Waals surface area contributed by atoms with Crippen LogP contribution in [0.15, 0.2) is 187 Å². The molecule has 10 rings (SSSR count). The summed E-state index contributed by atoms with van der Waals surface area (Å²) in [4.78, 5) is 0. The molecule has 4 atom stereocenters. The molecule has 0 aliphatic carbocycles. The van der Waals surface area contributed by atoms with Crippen LogP contribution in [0.4, 0.5) is 0 Å². The van der Waals surface area contributed by atoms with Crippen LogP contribution in [0.1, 0.15) is 182 Å². The Kier molecular flexibility index (Phi) is 34.6. The Bertz CT molecular complexity index is 3220. The van der Waals surface area contributed by atoms with E-state index in [1.54, 1.807) is 7.11 Å². The van der Waals surface area contributed by atoms with Crippen molar-refractivity contribution in [1.82, 2.24) is 21.3 Å². The van der Waals surface area contributed by atoms with Gasteiger partial charge in [-0.3, -0.25) is 0 Å². The van der Waals surface area contributed by atoms with Crippen molar-refractivity contribution >= 4 is 23.2 Å². The van der Waals surface area contributed by atoms with Gasteiger partial charge in [-0.05, 0) is 263 Å². The molecule has 4 aliphatic rings. The van der Waals surface area contributed by atoms with E-state index in [1.165, 1.54) is 33.4 Å². The van der Waals surface area contributed by atoms with Crippen LogP contribution in [0, 0.1) is 23.7 Å². The number of methoxy groups -OCH3 is 1. The van der Waals surface area contributed by atoms with Gasteiger partial charge in [0.05, 0.1) is 19.2 Å². The highest BCUT2D eigenvalue weighted by Gasteiger charge is 2.34. The second-order valence-corrected chi connectivity index (χ2v) is 31.7. The Hall–Kier alpha value is -5.54. The molecule has 6 aromatic carbocycles. The van der Waals surface area contributed by atoms with E-state index in [0.717, 1.165) is 171 Å². The summed E-state index contributed by atoms with van der Waals surface area (Å²) >= 11 is 12.0. The topological polar surface area (TPSA) is 113 Å². The summed E-state index contributed by atoms with van der Waals surface area (Å²) in [6, 6.07) is 57.1. The number of para-hydroxylation sites is 1. The van der Waals surface area contributed by atoms with Crippen molar-refractivity contribution in [3.05, 3.63) is 219 Å². The van der Waals surface area contributed by atoms with Crippen molar-refractivity contribution in [3.63, 3.8) is 0 Å². The van der Waals surface area contributed by atoms with Gasteiger partial charge in [-0.2, -0.15) is 0 Å². The van der Waals surface area contributed by atoms with Gasteiger partial charge < -0.3 is 54.4 Å². The maximum atomic E-state index is 6.27. The van der Waals surface area contributed by atoms with Crippen LogP contribution in [-0.2, 0) is 29.8 Å². The van der Waals surface area contributed by atoms with Gasteiger partial charge in [0, 0.05) is 75.0 Å². The number of hydrogen-bond donors (Lipinski definition) is 4. The Morgan fingerprint density at radius 3 is 0.990 bits per heavy atom. The summed E-state index contributed by atoms with van der Waals surface area (Å²) < 4.78 is 39.8. The maximum Gasteiger partial charge on any atom is 0.122 e. The van der Waals surface area contributed by atoms with E-state index in [9.17, 15) is 0 Å². The number of allylic oxidation sites excluding steroid dienone is 2. The molecule has 4 aliphatic heterocycles. The Labute approximate surface area is 614 Å². The first-order valence-electron chi connectivity index (χ1n) is 37.2. The van der Waals surface area contributed by atoms with Gasteiger partial charge in [-0.15, -0.1) is 0 Å². The van der Waals surface area contributed by atoms with Crippen molar-refractivity contribution in [1.29, 1.82) is 0 Å². The summed E-state index contributed by atoms with van der Waals surface area (Å²) in [6.07, 6.45) is 15.8. The highest BCUT2D eigenvalue weighted by molar-refractivity contribution is 6.30. The molecule has 0 amide bonds. The molecule has 4 unspecified atom stereocenters. The van der Waals surface area contributed by atoms with Gasteiger partial charge in [0.2, 0.25) is 0 Å². The third-order valence-electron chi connectivity index (χ3n) is 20.1. The van der Waals surface area contributed by atoms with E-state index < -0.39 is 0 Å². The average molecular weight is 1410 g/mol. The third kappa shape index (κ3) is 29.3. The van der Waals surface area contributed by atoms with E-state index in [4.69, 9.17) is 56.4 Å². The lowest BCUT2D eigenvalue weighted by Crippen LogP contribution is -2.51. The first-order valence-corrected chi connectivity index (χ1v) is 38.0. The zero-order valence-corrected chi connectivity index (χ0v) is 64.5. The summed E-state index contributed by atoms with van der Waals surface area (Å²) in [5.41, 5.74) is 7.44. The maximum absolute atomic E-state index is 6.27. The Morgan fingerprint density at radius 2 is 0.670 bits per heavy atom. The van der Waals surface area contributed by atoms with Crippen LogP contribution >= 0.6 is 23.2 Å². The second kappa shape index (κ2) is 42.3. The first-order chi connectivity index (χ1) is 48.0. The standard InChI is InChI=1S/C24H33NO2.C23H30ClNO.C20H30ClNO2.C20H31NO2/c1-24(2,21-9-11-22(26-3)12-10-21)17-23(20-7-5-4-6-8-20)25-18-19-13-15-27-16-14-19;1-23(2,20-8-10-21(24)11-9-20)16-22(19-6-4-3-5-7-19)25-17-18-12-14-26-15-13-18;1-15(2)13-19(22-14-16-9-11-23-12-10-16)20(3,4)24-18-7-5-17(21)6-8-18;1-16(2)14-19(21-15-17-10-12-22-13-11-17)20(3,4)23-18-8-6-5-7-9-18/h4-12,19,23,25H,13-18H2,1-3H3;3-11,18,22,25H,12-17H2,1-2H3;5-8,13,16,19,22H,9-12,14H2,1-4H3;5-9,14,17,19,21H,10-13,15H2,1-4H3.